The lowest BCUT2D eigenvalue weighted by Gasteiger charge is -2.25. The molecule has 2 aliphatic heterocycles. The fraction of sp³-hybridized carbons (Fsp3) is 0.353. The van der Waals surface area contributed by atoms with E-state index in [4.69, 9.17) is 4.74 Å². The molecule has 1 fully saturated rings. The van der Waals surface area contributed by atoms with Gasteiger partial charge in [-0.3, -0.25) is 9.89 Å². The summed E-state index contributed by atoms with van der Waals surface area (Å²) in [5.41, 5.74) is 2.58. The van der Waals surface area contributed by atoms with Gasteiger partial charge in [0.05, 0.1) is 37.6 Å². The van der Waals surface area contributed by atoms with Gasteiger partial charge in [-0.1, -0.05) is 18.2 Å². The fourth-order valence-electron chi connectivity index (χ4n) is 3.44. The third-order valence-corrected chi connectivity index (χ3v) is 4.78. The molecule has 1 aromatic carbocycles. The molecule has 1 saturated heterocycles. The Hall–Kier alpha value is -2.87. The monoisotopic (exact) mass is 338 g/mol. The molecule has 8 heteroatoms. The molecule has 1 N–H and O–H groups in total. The smallest absolute Gasteiger partial charge is 0.279 e. The number of morpholine rings is 1. The van der Waals surface area contributed by atoms with Crippen LogP contribution in [0.4, 0.5) is 11.6 Å². The number of hydrogen-bond donors (Lipinski definition) is 1. The van der Waals surface area contributed by atoms with Crippen molar-refractivity contribution in [2.75, 3.05) is 36.1 Å². The molecule has 4 heterocycles. The van der Waals surface area contributed by atoms with Gasteiger partial charge < -0.3 is 14.5 Å². The summed E-state index contributed by atoms with van der Waals surface area (Å²) in [6, 6.07) is 10.1. The van der Waals surface area contributed by atoms with Crippen molar-refractivity contribution in [3.8, 4) is 0 Å². The number of nitrogens with one attached hydrogen (secondary N) is 1. The van der Waals surface area contributed by atoms with Crippen LogP contribution >= 0.6 is 0 Å². The zero-order valence-electron chi connectivity index (χ0n) is 13.7. The molecule has 0 spiro atoms. The highest BCUT2D eigenvalue weighted by Gasteiger charge is 2.26. The molecule has 25 heavy (non-hydrogen) atoms. The maximum Gasteiger partial charge on any atom is 0.279 e. The number of anilines is 2. The van der Waals surface area contributed by atoms with Crippen molar-refractivity contribution in [1.82, 2.24) is 19.6 Å². The first-order valence-electron chi connectivity index (χ1n) is 8.43. The van der Waals surface area contributed by atoms with Crippen molar-refractivity contribution in [1.29, 1.82) is 0 Å². The van der Waals surface area contributed by atoms with Crippen molar-refractivity contribution >= 4 is 17.4 Å². The number of H-pyrrole nitrogens is 1. The molecular weight excluding hydrogens is 320 g/mol. The van der Waals surface area contributed by atoms with Crippen LogP contribution in [0.5, 0.6) is 0 Å². The molecule has 128 valence electrons. The Balaban J connectivity index is 1.52. The predicted octanol–water partition coefficient (Wildman–Crippen LogP) is 0.774. The molecule has 0 bridgehead atoms. The lowest BCUT2D eigenvalue weighted by atomic mass is 10.3. The quantitative estimate of drug-likeness (QED) is 0.744. The largest absolute Gasteiger partial charge is 0.378 e. The highest BCUT2D eigenvalue weighted by molar-refractivity contribution is 5.51. The molecule has 0 unspecified atom stereocenters. The second-order valence-electron chi connectivity index (χ2n) is 6.32. The summed E-state index contributed by atoms with van der Waals surface area (Å²) in [7, 11) is 0. The number of aromatic amines is 1. The van der Waals surface area contributed by atoms with Crippen LogP contribution in [-0.4, -0.2) is 45.9 Å². The van der Waals surface area contributed by atoms with Crippen molar-refractivity contribution in [3.05, 3.63) is 51.9 Å². The zero-order chi connectivity index (χ0) is 16.8. The summed E-state index contributed by atoms with van der Waals surface area (Å²) in [6.07, 6.45) is 0. The molecule has 2 aliphatic rings. The van der Waals surface area contributed by atoms with Crippen LogP contribution in [0.3, 0.4) is 0 Å². The Bertz CT molecular complexity index is 974. The summed E-state index contributed by atoms with van der Waals surface area (Å²) in [4.78, 5) is 26.3. The first-order chi connectivity index (χ1) is 12.3. The van der Waals surface area contributed by atoms with E-state index in [1.165, 1.54) is 4.52 Å². The Morgan fingerprint density at radius 2 is 1.80 bits per heavy atom. The molecule has 0 amide bonds. The van der Waals surface area contributed by atoms with Crippen molar-refractivity contribution in [3.63, 3.8) is 0 Å². The molecule has 8 nitrogen and oxygen atoms in total. The van der Waals surface area contributed by atoms with Gasteiger partial charge in [-0.25, -0.2) is 4.98 Å². The SMILES string of the molecule is O=c1c2c(nc3nc(N4CCOCC4)[nH]n13)CN(c1ccccc1)C2. The molecule has 2 aromatic heterocycles. The highest BCUT2D eigenvalue weighted by atomic mass is 16.5. The highest BCUT2D eigenvalue weighted by Crippen LogP contribution is 2.25. The standard InChI is InChI=1S/C17H18N6O2/c24-15-13-10-22(12-4-2-1-3-5-12)11-14(13)18-16-19-17(20-23(15)16)21-6-8-25-9-7-21/h1-5H,6-11H2,(H,18,19,20). The molecule has 0 aliphatic carbocycles. The Kier molecular flexibility index (Phi) is 3.24. The minimum absolute atomic E-state index is 0.0644. The molecule has 0 radical (unpaired) electrons. The van der Waals surface area contributed by atoms with Crippen LogP contribution in [0.25, 0.3) is 5.78 Å². The average Bonchev–Trinajstić information content (AvgIpc) is 3.28. The summed E-state index contributed by atoms with van der Waals surface area (Å²) in [5, 5.41) is 3.10. The van der Waals surface area contributed by atoms with Crippen molar-refractivity contribution < 1.29 is 4.74 Å². The van der Waals surface area contributed by atoms with E-state index in [1.807, 2.05) is 30.3 Å². The van der Waals surface area contributed by atoms with E-state index in [-0.39, 0.29) is 5.56 Å². The number of nitrogens with zero attached hydrogens (tertiary/aromatic N) is 5. The Morgan fingerprint density at radius 1 is 1.00 bits per heavy atom. The average molecular weight is 338 g/mol. The van der Waals surface area contributed by atoms with Gasteiger partial charge >= 0.3 is 0 Å². The maximum absolute atomic E-state index is 12.9. The van der Waals surface area contributed by atoms with Crippen LogP contribution in [0.1, 0.15) is 11.3 Å². The topological polar surface area (TPSA) is 78.8 Å². The van der Waals surface area contributed by atoms with E-state index in [2.05, 4.69) is 24.9 Å². The van der Waals surface area contributed by atoms with Gasteiger partial charge in [-0.05, 0) is 12.1 Å². The van der Waals surface area contributed by atoms with Crippen molar-refractivity contribution in [2.24, 2.45) is 0 Å². The van der Waals surface area contributed by atoms with Gasteiger partial charge in [0.15, 0.2) is 0 Å². The number of aromatic nitrogens is 4. The number of ether oxygens (including phenoxy) is 1. The van der Waals surface area contributed by atoms with E-state index < -0.39 is 0 Å². The van der Waals surface area contributed by atoms with Crippen LogP contribution in [0.15, 0.2) is 35.1 Å². The number of benzene rings is 1. The first kappa shape index (κ1) is 14.5. The molecule has 0 atom stereocenters. The summed E-state index contributed by atoms with van der Waals surface area (Å²) in [5.74, 6) is 1.11. The zero-order valence-corrected chi connectivity index (χ0v) is 13.7. The van der Waals surface area contributed by atoms with E-state index in [1.54, 1.807) is 0 Å². The third-order valence-electron chi connectivity index (χ3n) is 4.78. The summed E-state index contributed by atoms with van der Waals surface area (Å²) >= 11 is 0. The normalized spacial score (nSPS) is 17.3. The van der Waals surface area contributed by atoms with E-state index in [9.17, 15) is 4.79 Å². The van der Waals surface area contributed by atoms with E-state index >= 15 is 0 Å². The van der Waals surface area contributed by atoms with Crippen LogP contribution in [0.2, 0.25) is 0 Å². The van der Waals surface area contributed by atoms with Gasteiger partial charge in [0, 0.05) is 18.8 Å². The second-order valence-corrected chi connectivity index (χ2v) is 6.32. The second kappa shape index (κ2) is 5.59. The van der Waals surface area contributed by atoms with Crippen LogP contribution in [0, 0.1) is 0 Å². The summed E-state index contributed by atoms with van der Waals surface area (Å²) < 4.78 is 6.82. The number of para-hydroxylation sites is 1. The van der Waals surface area contributed by atoms with Crippen LogP contribution < -0.4 is 15.4 Å². The lowest BCUT2D eigenvalue weighted by Crippen LogP contribution is -2.37. The van der Waals surface area contributed by atoms with E-state index in [0.717, 1.165) is 30.0 Å². The predicted molar refractivity (Wildman–Crippen MR) is 93.0 cm³/mol. The molecular formula is C17H18N6O2. The molecule has 3 aromatic rings. The molecule has 5 rings (SSSR count). The fourth-order valence-corrected chi connectivity index (χ4v) is 3.44. The van der Waals surface area contributed by atoms with Gasteiger partial charge in [-0.15, -0.1) is 0 Å². The summed E-state index contributed by atoms with van der Waals surface area (Å²) in [6.45, 7) is 4.06. The number of rotatable bonds is 2. The van der Waals surface area contributed by atoms with Crippen LogP contribution in [-0.2, 0) is 17.8 Å². The number of hydrogen-bond acceptors (Lipinski definition) is 6. The third kappa shape index (κ3) is 2.37. The van der Waals surface area contributed by atoms with Crippen molar-refractivity contribution in [2.45, 2.75) is 13.1 Å². The minimum atomic E-state index is -0.0644. The Morgan fingerprint density at radius 3 is 2.60 bits per heavy atom. The Labute approximate surface area is 143 Å². The maximum atomic E-state index is 12.9. The van der Waals surface area contributed by atoms with Gasteiger partial charge in [0.2, 0.25) is 5.95 Å². The van der Waals surface area contributed by atoms with Gasteiger partial charge in [0.25, 0.3) is 11.3 Å². The first-order valence-corrected chi connectivity index (χ1v) is 8.43. The van der Waals surface area contributed by atoms with Gasteiger partial charge in [0.1, 0.15) is 0 Å². The lowest BCUT2D eigenvalue weighted by molar-refractivity contribution is 0.122. The minimum Gasteiger partial charge on any atom is -0.378 e. The van der Waals surface area contributed by atoms with Gasteiger partial charge in [-0.2, -0.15) is 9.50 Å². The number of fused-ring (bicyclic) bond motifs is 2. The van der Waals surface area contributed by atoms with E-state index in [0.29, 0.717) is 38.0 Å². The molecule has 0 saturated carbocycles.